The quantitative estimate of drug-likeness (QED) is 0.791. The lowest BCUT2D eigenvalue weighted by molar-refractivity contribution is 0.554. The number of nitrogens with one attached hydrogen (secondary N) is 3. The van der Waals surface area contributed by atoms with Crippen LogP contribution in [0.25, 0.3) is 11.1 Å². The summed E-state index contributed by atoms with van der Waals surface area (Å²) in [6.45, 7) is 0. The first-order chi connectivity index (χ1) is 9.52. The van der Waals surface area contributed by atoms with E-state index in [4.69, 9.17) is 4.42 Å². The topological polar surface area (TPSA) is 104 Å². The molecule has 108 valence electrons. The van der Waals surface area contributed by atoms with E-state index in [9.17, 15) is 13.2 Å². The standard InChI is InChI=1S/C12H15N3O4S/c16-12-13-10-7-9(5-6-11(10)19-12)15-20(17,18)14-8-3-1-2-4-8/h5-8,14-15H,1-4H2,(H,13,16). The van der Waals surface area contributed by atoms with Crippen LogP contribution in [0.15, 0.2) is 27.4 Å². The minimum atomic E-state index is -3.60. The third-order valence-electron chi connectivity index (χ3n) is 3.35. The van der Waals surface area contributed by atoms with E-state index >= 15 is 0 Å². The van der Waals surface area contributed by atoms with Gasteiger partial charge in [-0.2, -0.15) is 13.1 Å². The number of anilines is 1. The zero-order valence-electron chi connectivity index (χ0n) is 10.7. The highest BCUT2D eigenvalue weighted by Crippen LogP contribution is 2.20. The maximum Gasteiger partial charge on any atom is 0.417 e. The number of hydrogen-bond acceptors (Lipinski definition) is 4. The third kappa shape index (κ3) is 2.86. The van der Waals surface area contributed by atoms with Crippen molar-refractivity contribution in [2.24, 2.45) is 0 Å². The zero-order chi connectivity index (χ0) is 14.2. The van der Waals surface area contributed by atoms with Crippen molar-refractivity contribution in [2.75, 3.05) is 4.72 Å². The normalized spacial score (nSPS) is 16.8. The Morgan fingerprint density at radius 3 is 2.75 bits per heavy atom. The first-order valence-corrected chi connectivity index (χ1v) is 7.93. The summed E-state index contributed by atoms with van der Waals surface area (Å²) < 4.78 is 33.9. The highest BCUT2D eigenvalue weighted by molar-refractivity contribution is 7.90. The number of aromatic amines is 1. The van der Waals surface area contributed by atoms with Crippen LogP contribution in [0.1, 0.15) is 25.7 Å². The van der Waals surface area contributed by atoms with Crippen LogP contribution in [0.3, 0.4) is 0 Å². The van der Waals surface area contributed by atoms with Gasteiger partial charge in [0.2, 0.25) is 0 Å². The van der Waals surface area contributed by atoms with Crippen molar-refractivity contribution in [2.45, 2.75) is 31.7 Å². The first kappa shape index (κ1) is 13.2. The van der Waals surface area contributed by atoms with Crippen molar-refractivity contribution < 1.29 is 12.8 Å². The van der Waals surface area contributed by atoms with Crippen LogP contribution in [-0.4, -0.2) is 19.4 Å². The highest BCUT2D eigenvalue weighted by Gasteiger charge is 2.21. The van der Waals surface area contributed by atoms with Gasteiger partial charge in [0.05, 0.1) is 11.2 Å². The van der Waals surface area contributed by atoms with E-state index in [-0.39, 0.29) is 6.04 Å². The Morgan fingerprint density at radius 1 is 1.25 bits per heavy atom. The van der Waals surface area contributed by atoms with E-state index in [1.54, 1.807) is 12.1 Å². The van der Waals surface area contributed by atoms with Crippen LogP contribution < -0.4 is 15.2 Å². The molecule has 1 heterocycles. The Morgan fingerprint density at radius 2 is 2.00 bits per heavy atom. The molecule has 1 fully saturated rings. The molecule has 7 nitrogen and oxygen atoms in total. The minimum absolute atomic E-state index is 0.00460. The fourth-order valence-corrected chi connectivity index (χ4v) is 3.63. The lowest BCUT2D eigenvalue weighted by Crippen LogP contribution is -2.37. The second-order valence-corrected chi connectivity index (χ2v) is 6.38. The Balaban J connectivity index is 1.78. The molecule has 2 aromatic rings. The molecule has 1 aliphatic rings. The molecule has 0 atom stereocenters. The molecule has 0 spiro atoms. The molecule has 1 aromatic heterocycles. The first-order valence-electron chi connectivity index (χ1n) is 6.45. The van der Waals surface area contributed by atoms with Crippen molar-refractivity contribution in [1.82, 2.24) is 9.71 Å². The van der Waals surface area contributed by atoms with Crippen LogP contribution in [0.4, 0.5) is 5.69 Å². The summed E-state index contributed by atoms with van der Waals surface area (Å²) >= 11 is 0. The average Bonchev–Trinajstić information content (AvgIpc) is 2.95. The van der Waals surface area contributed by atoms with Gasteiger partial charge in [0.25, 0.3) is 10.2 Å². The van der Waals surface area contributed by atoms with Crippen LogP contribution in [-0.2, 0) is 10.2 Å². The molecule has 0 radical (unpaired) electrons. The number of rotatable bonds is 4. The van der Waals surface area contributed by atoms with Crippen LogP contribution in [0.5, 0.6) is 0 Å². The van der Waals surface area contributed by atoms with Crippen molar-refractivity contribution in [3.05, 3.63) is 28.7 Å². The van der Waals surface area contributed by atoms with E-state index in [1.165, 1.54) is 6.07 Å². The maximum atomic E-state index is 12.0. The molecule has 0 amide bonds. The number of oxazole rings is 1. The molecule has 0 bridgehead atoms. The van der Waals surface area contributed by atoms with Crippen LogP contribution >= 0.6 is 0 Å². The predicted molar refractivity (Wildman–Crippen MR) is 74.8 cm³/mol. The highest BCUT2D eigenvalue weighted by atomic mass is 32.2. The van der Waals surface area contributed by atoms with Crippen molar-refractivity contribution >= 4 is 27.0 Å². The fraction of sp³-hybridized carbons (Fsp3) is 0.417. The molecule has 3 rings (SSSR count). The van der Waals surface area contributed by atoms with Crippen molar-refractivity contribution in [3.63, 3.8) is 0 Å². The lowest BCUT2D eigenvalue weighted by Gasteiger charge is -2.13. The van der Waals surface area contributed by atoms with Gasteiger partial charge in [-0.3, -0.25) is 9.71 Å². The minimum Gasteiger partial charge on any atom is -0.408 e. The summed E-state index contributed by atoms with van der Waals surface area (Å²) in [5.74, 6) is -0.566. The molecule has 0 saturated heterocycles. The fourth-order valence-electron chi connectivity index (χ4n) is 2.46. The Hall–Kier alpha value is -1.80. The van der Waals surface area contributed by atoms with Crippen molar-refractivity contribution in [1.29, 1.82) is 0 Å². The summed E-state index contributed by atoms with van der Waals surface area (Å²) in [4.78, 5) is 13.5. The number of hydrogen-bond donors (Lipinski definition) is 3. The van der Waals surface area contributed by atoms with Gasteiger partial charge in [-0.15, -0.1) is 0 Å². The van der Waals surface area contributed by atoms with Gasteiger partial charge in [-0.1, -0.05) is 12.8 Å². The molecule has 20 heavy (non-hydrogen) atoms. The lowest BCUT2D eigenvalue weighted by atomic mass is 10.3. The van der Waals surface area contributed by atoms with Gasteiger partial charge < -0.3 is 4.42 Å². The van der Waals surface area contributed by atoms with E-state index < -0.39 is 16.0 Å². The summed E-state index contributed by atoms with van der Waals surface area (Å²) in [5.41, 5.74) is 1.22. The van der Waals surface area contributed by atoms with Gasteiger partial charge in [-0.05, 0) is 31.0 Å². The van der Waals surface area contributed by atoms with Crippen molar-refractivity contribution in [3.8, 4) is 0 Å². The SMILES string of the molecule is O=c1[nH]c2cc(NS(=O)(=O)NC3CCCC3)ccc2o1. The smallest absolute Gasteiger partial charge is 0.408 e. The Bertz CT molecular complexity index is 771. The Kier molecular flexibility index (Phi) is 3.27. The monoisotopic (exact) mass is 297 g/mol. The molecule has 1 saturated carbocycles. The second kappa shape index (κ2) is 4.95. The largest absolute Gasteiger partial charge is 0.417 e. The summed E-state index contributed by atoms with van der Waals surface area (Å²) in [7, 11) is -3.60. The average molecular weight is 297 g/mol. The zero-order valence-corrected chi connectivity index (χ0v) is 11.5. The molecule has 0 unspecified atom stereocenters. The second-order valence-electron chi connectivity index (χ2n) is 4.93. The van der Waals surface area contributed by atoms with Gasteiger partial charge in [0.15, 0.2) is 5.58 Å². The molecule has 1 aromatic carbocycles. The summed E-state index contributed by atoms with van der Waals surface area (Å²) in [6, 6.07) is 4.62. The van der Waals surface area contributed by atoms with Gasteiger partial charge in [0.1, 0.15) is 0 Å². The molecule has 1 aliphatic carbocycles. The number of fused-ring (bicyclic) bond motifs is 1. The van der Waals surface area contributed by atoms with Crippen LogP contribution in [0.2, 0.25) is 0 Å². The molecule has 0 aliphatic heterocycles. The molecular weight excluding hydrogens is 282 g/mol. The number of aromatic nitrogens is 1. The van der Waals surface area contributed by atoms with Gasteiger partial charge in [-0.25, -0.2) is 4.79 Å². The molecule has 8 heteroatoms. The summed E-state index contributed by atoms with van der Waals surface area (Å²) in [6.07, 6.45) is 3.84. The van der Waals surface area contributed by atoms with Crippen LogP contribution in [0, 0.1) is 0 Å². The molecular formula is C12H15N3O4S. The number of benzene rings is 1. The van der Waals surface area contributed by atoms with Gasteiger partial charge >= 0.3 is 5.76 Å². The van der Waals surface area contributed by atoms with E-state index in [0.29, 0.717) is 16.8 Å². The molecule has 3 N–H and O–H groups in total. The van der Waals surface area contributed by atoms with E-state index in [2.05, 4.69) is 14.4 Å². The summed E-state index contributed by atoms with van der Waals surface area (Å²) in [5, 5.41) is 0. The van der Waals surface area contributed by atoms with E-state index in [1.807, 2.05) is 0 Å². The predicted octanol–water partition coefficient (Wildman–Crippen LogP) is 1.31. The maximum absolute atomic E-state index is 12.0. The third-order valence-corrected chi connectivity index (χ3v) is 4.50. The number of H-pyrrole nitrogens is 1. The van der Waals surface area contributed by atoms with E-state index in [0.717, 1.165) is 25.7 Å². The Labute approximate surface area is 115 Å². The van der Waals surface area contributed by atoms with Gasteiger partial charge in [0, 0.05) is 6.04 Å².